The molecule has 0 spiro atoms. The van der Waals surface area contributed by atoms with E-state index in [0.29, 0.717) is 6.54 Å². The van der Waals surface area contributed by atoms with Gasteiger partial charge < -0.3 is 20.9 Å². The van der Waals surface area contributed by atoms with Gasteiger partial charge in [0.15, 0.2) is 0 Å². The molecule has 1 fully saturated rings. The van der Waals surface area contributed by atoms with Gasteiger partial charge in [-0.15, -0.1) is 0 Å². The van der Waals surface area contributed by atoms with Crippen molar-refractivity contribution in [1.82, 2.24) is 20.9 Å². The minimum Gasteiger partial charge on any atom is -0.337 e. The van der Waals surface area contributed by atoms with Gasteiger partial charge in [-0.2, -0.15) is 0 Å². The number of amides is 2. The van der Waals surface area contributed by atoms with Crippen LogP contribution in [0.2, 0.25) is 0 Å². The zero-order valence-corrected chi connectivity index (χ0v) is 9.68. The van der Waals surface area contributed by atoms with Crippen molar-refractivity contribution in [2.45, 2.75) is 18.9 Å². The number of carbonyl (C=O) groups excluding carboxylic acids is 1. The smallest absolute Gasteiger partial charge is 0.315 e. The van der Waals surface area contributed by atoms with Crippen molar-refractivity contribution in [3.63, 3.8) is 0 Å². The average molecular weight is 214 g/mol. The fraction of sp³-hybridized carbons (Fsp3) is 0.900. The SMILES string of the molecule is CN(C)CCNC(=O)NC1CCCNC1. The predicted octanol–water partition coefficient (Wildman–Crippen LogP) is -0.401. The van der Waals surface area contributed by atoms with E-state index in [9.17, 15) is 4.79 Å². The van der Waals surface area contributed by atoms with Crippen LogP contribution in [0.4, 0.5) is 4.79 Å². The molecule has 1 rings (SSSR count). The molecule has 1 aliphatic rings. The van der Waals surface area contributed by atoms with Crippen LogP contribution in [0.1, 0.15) is 12.8 Å². The highest BCUT2D eigenvalue weighted by Gasteiger charge is 2.14. The molecule has 5 heteroatoms. The van der Waals surface area contributed by atoms with E-state index in [-0.39, 0.29) is 12.1 Å². The molecule has 0 saturated carbocycles. The van der Waals surface area contributed by atoms with Crippen LogP contribution in [0.5, 0.6) is 0 Å². The zero-order valence-electron chi connectivity index (χ0n) is 9.68. The number of nitrogens with zero attached hydrogens (tertiary/aromatic N) is 1. The van der Waals surface area contributed by atoms with Crippen molar-refractivity contribution in [3.05, 3.63) is 0 Å². The van der Waals surface area contributed by atoms with E-state index in [1.807, 2.05) is 19.0 Å². The molecule has 1 heterocycles. The summed E-state index contributed by atoms with van der Waals surface area (Å²) in [6.07, 6.45) is 2.22. The standard InChI is InChI=1S/C10H22N4O/c1-14(2)7-6-12-10(15)13-9-4-3-5-11-8-9/h9,11H,3-8H2,1-2H3,(H2,12,13,15). The highest BCUT2D eigenvalue weighted by atomic mass is 16.2. The Balaban J connectivity index is 2.06. The summed E-state index contributed by atoms with van der Waals surface area (Å²) in [6.45, 7) is 3.52. The van der Waals surface area contributed by atoms with Crippen LogP contribution in [0.25, 0.3) is 0 Å². The third-order valence-corrected chi connectivity index (χ3v) is 2.48. The van der Waals surface area contributed by atoms with Gasteiger partial charge in [0.25, 0.3) is 0 Å². The van der Waals surface area contributed by atoms with Gasteiger partial charge in [0.1, 0.15) is 0 Å². The topological polar surface area (TPSA) is 56.4 Å². The monoisotopic (exact) mass is 214 g/mol. The van der Waals surface area contributed by atoms with Crippen LogP contribution in [0, 0.1) is 0 Å². The lowest BCUT2D eigenvalue weighted by Crippen LogP contribution is -2.49. The summed E-state index contributed by atoms with van der Waals surface area (Å²) < 4.78 is 0. The summed E-state index contributed by atoms with van der Waals surface area (Å²) in [5.74, 6) is 0. The molecule has 1 atom stereocenters. The van der Waals surface area contributed by atoms with Gasteiger partial charge in [-0.05, 0) is 33.5 Å². The van der Waals surface area contributed by atoms with Crippen molar-refractivity contribution < 1.29 is 4.79 Å². The minimum atomic E-state index is -0.0504. The van der Waals surface area contributed by atoms with Gasteiger partial charge in [-0.1, -0.05) is 0 Å². The maximum absolute atomic E-state index is 11.4. The summed E-state index contributed by atoms with van der Waals surface area (Å²) in [6, 6.07) is 0.239. The molecule has 1 saturated heterocycles. The third kappa shape index (κ3) is 5.59. The molecular formula is C10H22N4O. The van der Waals surface area contributed by atoms with E-state index >= 15 is 0 Å². The first-order valence-corrected chi connectivity index (χ1v) is 5.58. The summed E-state index contributed by atoms with van der Waals surface area (Å²) >= 11 is 0. The fourth-order valence-electron chi connectivity index (χ4n) is 1.60. The Morgan fingerprint density at radius 3 is 2.93 bits per heavy atom. The molecule has 0 bridgehead atoms. The van der Waals surface area contributed by atoms with Crippen molar-refractivity contribution in [3.8, 4) is 0 Å². The maximum Gasteiger partial charge on any atom is 0.315 e. The maximum atomic E-state index is 11.4. The molecule has 5 nitrogen and oxygen atoms in total. The van der Waals surface area contributed by atoms with E-state index in [1.165, 1.54) is 0 Å². The van der Waals surface area contributed by atoms with Crippen LogP contribution in [0.15, 0.2) is 0 Å². The molecule has 3 N–H and O–H groups in total. The van der Waals surface area contributed by atoms with Crippen LogP contribution in [-0.4, -0.2) is 57.2 Å². The van der Waals surface area contributed by atoms with Gasteiger partial charge in [-0.3, -0.25) is 0 Å². The first kappa shape index (κ1) is 12.3. The number of rotatable bonds is 4. The van der Waals surface area contributed by atoms with Gasteiger partial charge in [0, 0.05) is 25.7 Å². The molecule has 0 aromatic heterocycles. The zero-order chi connectivity index (χ0) is 11.1. The first-order chi connectivity index (χ1) is 7.18. The van der Waals surface area contributed by atoms with Crippen LogP contribution < -0.4 is 16.0 Å². The summed E-state index contributed by atoms with van der Waals surface area (Å²) in [5, 5.41) is 9.07. The number of likely N-dealkylation sites (N-methyl/N-ethyl adjacent to an activating group) is 1. The average Bonchev–Trinajstić information content (AvgIpc) is 2.18. The number of hydrogen-bond acceptors (Lipinski definition) is 3. The molecule has 88 valence electrons. The quantitative estimate of drug-likeness (QED) is 0.597. The molecule has 1 unspecified atom stereocenters. The number of hydrogen-bond donors (Lipinski definition) is 3. The van der Waals surface area contributed by atoms with E-state index < -0.39 is 0 Å². The van der Waals surface area contributed by atoms with E-state index in [2.05, 4.69) is 16.0 Å². The van der Waals surface area contributed by atoms with Gasteiger partial charge >= 0.3 is 6.03 Å². The second-order valence-corrected chi connectivity index (χ2v) is 4.25. The molecule has 0 aliphatic carbocycles. The van der Waals surface area contributed by atoms with Crippen LogP contribution in [-0.2, 0) is 0 Å². The Bertz CT molecular complexity index is 190. The molecular weight excluding hydrogens is 192 g/mol. The van der Waals surface area contributed by atoms with E-state index in [0.717, 1.165) is 32.5 Å². The highest BCUT2D eigenvalue weighted by Crippen LogP contribution is 2.00. The lowest BCUT2D eigenvalue weighted by atomic mass is 10.1. The van der Waals surface area contributed by atoms with Gasteiger partial charge in [0.2, 0.25) is 0 Å². The van der Waals surface area contributed by atoms with Crippen molar-refractivity contribution in [2.24, 2.45) is 0 Å². The van der Waals surface area contributed by atoms with E-state index in [4.69, 9.17) is 0 Å². The predicted molar refractivity (Wildman–Crippen MR) is 61.0 cm³/mol. The van der Waals surface area contributed by atoms with Crippen molar-refractivity contribution in [2.75, 3.05) is 40.3 Å². The number of nitrogens with one attached hydrogen (secondary N) is 3. The molecule has 0 aromatic carbocycles. The van der Waals surface area contributed by atoms with Gasteiger partial charge in [0.05, 0.1) is 0 Å². The minimum absolute atomic E-state index is 0.0504. The molecule has 15 heavy (non-hydrogen) atoms. The number of piperidine rings is 1. The largest absolute Gasteiger partial charge is 0.337 e. The second-order valence-electron chi connectivity index (χ2n) is 4.25. The fourth-order valence-corrected chi connectivity index (χ4v) is 1.60. The Morgan fingerprint density at radius 2 is 2.33 bits per heavy atom. The Morgan fingerprint density at radius 1 is 1.53 bits per heavy atom. The summed E-state index contributed by atoms with van der Waals surface area (Å²) in [4.78, 5) is 13.5. The lowest BCUT2D eigenvalue weighted by molar-refractivity contribution is 0.232. The number of urea groups is 1. The third-order valence-electron chi connectivity index (χ3n) is 2.48. The molecule has 0 aromatic rings. The molecule has 0 radical (unpaired) electrons. The summed E-state index contributed by atoms with van der Waals surface area (Å²) in [5.41, 5.74) is 0. The first-order valence-electron chi connectivity index (χ1n) is 5.58. The Hall–Kier alpha value is -0.810. The van der Waals surface area contributed by atoms with Crippen LogP contribution >= 0.6 is 0 Å². The van der Waals surface area contributed by atoms with E-state index in [1.54, 1.807) is 0 Å². The molecule has 2 amide bonds. The summed E-state index contributed by atoms with van der Waals surface area (Å²) in [7, 11) is 3.98. The van der Waals surface area contributed by atoms with Crippen molar-refractivity contribution in [1.29, 1.82) is 0 Å². The van der Waals surface area contributed by atoms with Crippen LogP contribution in [0.3, 0.4) is 0 Å². The normalized spacial score (nSPS) is 21.4. The Kier molecular flexibility index (Phi) is 5.42. The highest BCUT2D eigenvalue weighted by molar-refractivity contribution is 5.74. The van der Waals surface area contributed by atoms with Crippen molar-refractivity contribution >= 4 is 6.03 Å². The number of carbonyl (C=O) groups is 1. The Labute approximate surface area is 91.6 Å². The molecule has 1 aliphatic heterocycles. The second kappa shape index (κ2) is 6.63. The lowest BCUT2D eigenvalue weighted by Gasteiger charge is -2.24. The van der Waals surface area contributed by atoms with Gasteiger partial charge in [-0.25, -0.2) is 4.79 Å².